The van der Waals surface area contributed by atoms with Gasteiger partial charge in [-0.1, -0.05) is 30.3 Å². The van der Waals surface area contributed by atoms with Crippen LogP contribution in [0.3, 0.4) is 0 Å². The minimum atomic E-state index is 0.618. The zero-order valence-electron chi connectivity index (χ0n) is 12.0. The number of furan rings is 1. The first-order chi connectivity index (χ1) is 9.85. The van der Waals surface area contributed by atoms with Crippen LogP contribution in [-0.4, -0.2) is 31.1 Å². The zero-order chi connectivity index (χ0) is 13.8. The maximum atomic E-state index is 5.98. The highest BCUT2D eigenvalue weighted by Gasteiger charge is 2.19. The molecule has 0 radical (unpaired) electrons. The first kappa shape index (κ1) is 13.4. The highest BCUT2D eigenvalue weighted by Crippen LogP contribution is 2.23. The molecule has 1 aliphatic rings. The van der Waals surface area contributed by atoms with Gasteiger partial charge in [-0.2, -0.15) is 0 Å². The summed E-state index contributed by atoms with van der Waals surface area (Å²) in [6.45, 7) is 3.18. The van der Waals surface area contributed by atoms with Crippen LogP contribution >= 0.6 is 0 Å². The molecule has 1 fully saturated rings. The van der Waals surface area contributed by atoms with E-state index in [1.54, 1.807) is 0 Å². The van der Waals surface area contributed by atoms with E-state index < -0.39 is 0 Å². The summed E-state index contributed by atoms with van der Waals surface area (Å²) in [5.74, 6) is 2.02. The van der Waals surface area contributed by atoms with Gasteiger partial charge in [-0.25, -0.2) is 0 Å². The summed E-state index contributed by atoms with van der Waals surface area (Å²) in [4.78, 5) is 2.47. The van der Waals surface area contributed by atoms with Crippen LogP contribution in [-0.2, 0) is 6.54 Å². The van der Waals surface area contributed by atoms with Crippen molar-refractivity contribution in [3.8, 4) is 11.3 Å². The Morgan fingerprint density at radius 1 is 1.20 bits per heavy atom. The van der Waals surface area contributed by atoms with Crippen LogP contribution in [0.5, 0.6) is 0 Å². The van der Waals surface area contributed by atoms with Crippen molar-refractivity contribution in [1.29, 1.82) is 0 Å². The van der Waals surface area contributed by atoms with Crippen LogP contribution in [0.15, 0.2) is 46.9 Å². The fraction of sp³-hybridized carbons (Fsp3) is 0.412. The molecular formula is C17H22N2O. The van der Waals surface area contributed by atoms with Crippen molar-refractivity contribution in [2.24, 2.45) is 0 Å². The largest absolute Gasteiger partial charge is 0.460 e. The number of nitrogens with one attached hydrogen (secondary N) is 1. The molecule has 106 valence electrons. The lowest BCUT2D eigenvalue weighted by atomic mass is 10.1. The van der Waals surface area contributed by atoms with E-state index in [9.17, 15) is 0 Å². The van der Waals surface area contributed by atoms with Gasteiger partial charge < -0.3 is 9.73 Å². The van der Waals surface area contributed by atoms with Crippen molar-refractivity contribution in [2.45, 2.75) is 25.4 Å². The Morgan fingerprint density at radius 2 is 2.05 bits per heavy atom. The lowest BCUT2D eigenvalue weighted by Crippen LogP contribution is -2.43. The normalized spacial score (nSPS) is 20.1. The third-order valence-electron chi connectivity index (χ3n) is 4.01. The zero-order valence-corrected chi connectivity index (χ0v) is 12.0. The van der Waals surface area contributed by atoms with Gasteiger partial charge in [-0.15, -0.1) is 0 Å². The van der Waals surface area contributed by atoms with E-state index in [1.807, 2.05) is 18.2 Å². The minimum Gasteiger partial charge on any atom is -0.460 e. The summed E-state index contributed by atoms with van der Waals surface area (Å²) >= 11 is 0. The number of hydrogen-bond donors (Lipinski definition) is 1. The van der Waals surface area contributed by atoms with Crippen molar-refractivity contribution < 1.29 is 4.42 Å². The smallest absolute Gasteiger partial charge is 0.134 e. The third kappa shape index (κ3) is 3.11. The van der Waals surface area contributed by atoms with Crippen molar-refractivity contribution in [3.05, 3.63) is 48.2 Å². The molecule has 0 amide bonds. The van der Waals surface area contributed by atoms with Crippen LogP contribution in [0.4, 0.5) is 0 Å². The van der Waals surface area contributed by atoms with Crippen LogP contribution in [0, 0.1) is 0 Å². The fourth-order valence-corrected chi connectivity index (χ4v) is 2.88. The molecule has 3 rings (SSSR count). The number of benzene rings is 1. The second-order valence-electron chi connectivity index (χ2n) is 5.49. The molecule has 1 aromatic carbocycles. The molecule has 1 aliphatic heterocycles. The first-order valence-corrected chi connectivity index (χ1v) is 7.39. The lowest BCUT2D eigenvalue weighted by molar-refractivity contribution is 0.176. The average molecular weight is 270 g/mol. The van der Waals surface area contributed by atoms with Gasteiger partial charge in [0.2, 0.25) is 0 Å². The maximum Gasteiger partial charge on any atom is 0.134 e. The van der Waals surface area contributed by atoms with E-state index in [-0.39, 0.29) is 0 Å². The molecule has 0 spiro atoms. The standard InChI is InChI=1S/C17H22N2O/c1-18-15-8-5-11-19(12-15)13-16-9-10-17(20-16)14-6-3-2-4-7-14/h2-4,6-7,9-10,15,18H,5,8,11-13H2,1H3. The van der Waals surface area contributed by atoms with Crippen molar-refractivity contribution in [2.75, 3.05) is 20.1 Å². The monoisotopic (exact) mass is 270 g/mol. The van der Waals surface area contributed by atoms with Crippen molar-refractivity contribution in [1.82, 2.24) is 10.2 Å². The molecule has 0 saturated carbocycles. The Labute approximate surface area is 120 Å². The summed E-state index contributed by atoms with van der Waals surface area (Å²) in [6.07, 6.45) is 2.54. The van der Waals surface area contributed by atoms with Gasteiger partial charge in [0, 0.05) is 18.2 Å². The summed E-state index contributed by atoms with van der Waals surface area (Å²) in [5.41, 5.74) is 1.14. The minimum absolute atomic E-state index is 0.618. The molecule has 1 N–H and O–H groups in total. The molecular weight excluding hydrogens is 248 g/mol. The second-order valence-corrected chi connectivity index (χ2v) is 5.49. The van der Waals surface area contributed by atoms with Crippen LogP contribution < -0.4 is 5.32 Å². The van der Waals surface area contributed by atoms with Crippen LogP contribution in [0.1, 0.15) is 18.6 Å². The lowest BCUT2D eigenvalue weighted by Gasteiger charge is -2.31. The Morgan fingerprint density at radius 3 is 2.85 bits per heavy atom. The van der Waals surface area contributed by atoms with E-state index in [0.29, 0.717) is 6.04 Å². The number of rotatable bonds is 4. The Bertz CT molecular complexity index is 535. The molecule has 0 aliphatic carbocycles. The Kier molecular flexibility index (Phi) is 4.19. The third-order valence-corrected chi connectivity index (χ3v) is 4.01. The quantitative estimate of drug-likeness (QED) is 0.925. The van der Waals surface area contributed by atoms with Gasteiger partial charge in [0.05, 0.1) is 6.54 Å². The van der Waals surface area contributed by atoms with Crippen molar-refractivity contribution >= 4 is 0 Å². The van der Waals surface area contributed by atoms with E-state index in [4.69, 9.17) is 4.42 Å². The first-order valence-electron chi connectivity index (χ1n) is 7.39. The number of nitrogens with zero attached hydrogens (tertiary/aromatic N) is 1. The van der Waals surface area contributed by atoms with E-state index in [0.717, 1.165) is 30.2 Å². The molecule has 2 heterocycles. The molecule has 2 aromatic rings. The SMILES string of the molecule is CNC1CCCN(Cc2ccc(-c3ccccc3)o2)C1. The molecule has 0 bridgehead atoms. The topological polar surface area (TPSA) is 28.4 Å². The number of likely N-dealkylation sites (tertiary alicyclic amines) is 1. The Balaban J connectivity index is 1.65. The molecule has 1 unspecified atom stereocenters. The summed E-state index contributed by atoms with van der Waals surface area (Å²) < 4.78 is 5.98. The van der Waals surface area contributed by atoms with Gasteiger partial charge in [0.1, 0.15) is 11.5 Å². The summed E-state index contributed by atoms with van der Waals surface area (Å²) in [7, 11) is 2.05. The highest BCUT2D eigenvalue weighted by atomic mass is 16.3. The van der Waals surface area contributed by atoms with E-state index in [1.165, 1.54) is 19.4 Å². The highest BCUT2D eigenvalue weighted by molar-refractivity contribution is 5.57. The number of piperidine rings is 1. The van der Waals surface area contributed by atoms with E-state index >= 15 is 0 Å². The average Bonchev–Trinajstić information content (AvgIpc) is 2.97. The van der Waals surface area contributed by atoms with Gasteiger partial charge >= 0.3 is 0 Å². The summed E-state index contributed by atoms with van der Waals surface area (Å²) in [6, 6.07) is 15.1. The van der Waals surface area contributed by atoms with Crippen LogP contribution in [0.25, 0.3) is 11.3 Å². The Hall–Kier alpha value is -1.58. The molecule has 3 nitrogen and oxygen atoms in total. The molecule has 1 aromatic heterocycles. The van der Waals surface area contributed by atoms with Crippen molar-refractivity contribution in [3.63, 3.8) is 0 Å². The number of likely N-dealkylation sites (N-methyl/N-ethyl adjacent to an activating group) is 1. The predicted molar refractivity (Wildman–Crippen MR) is 81.5 cm³/mol. The number of hydrogen-bond acceptors (Lipinski definition) is 3. The van der Waals surface area contributed by atoms with E-state index in [2.05, 4.69) is 41.5 Å². The molecule has 20 heavy (non-hydrogen) atoms. The fourth-order valence-electron chi connectivity index (χ4n) is 2.88. The maximum absolute atomic E-state index is 5.98. The van der Waals surface area contributed by atoms with Gasteiger partial charge in [0.25, 0.3) is 0 Å². The van der Waals surface area contributed by atoms with Gasteiger partial charge in [0.15, 0.2) is 0 Å². The van der Waals surface area contributed by atoms with Gasteiger partial charge in [-0.3, -0.25) is 4.90 Å². The predicted octanol–water partition coefficient (Wildman–Crippen LogP) is 3.13. The molecule has 3 heteroatoms. The summed E-state index contributed by atoms with van der Waals surface area (Å²) in [5, 5.41) is 3.38. The molecule has 1 atom stereocenters. The molecule has 1 saturated heterocycles. The van der Waals surface area contributed by atoms with Gasteiger partial charge in [-0.05, 0) is 38.6 Å². The van der Waals surface area contributed by atoms with Crippen LogP contribution in [0.2, 0.25) is 0 Å². The second kappa shape index (κ2) is 6.25.